The van der Waals surface area contributed by atoms with Gasteiger partial charge in [0, 0.05) is 19.6 Å². The summed E-state index contributed by atoms with van der Waals surface area (Å²) in [6.45, 7) is 13.2. The van der Waals surface area contributed by atoms with Crippen molar-refractivity contribution in [2.24, 2.45) is 11.3 Å². The standard InChI is InChI=1S/C19H32N2/c1-19(2,3)18-10-12-21(13-11-18)15-14-20(4)16-17-8-6-5-7-9-17/h5-9,18H,10-16H2,1-4H3. The van der Waals surface area contributed by atoms with Crippen LogP contribution in [0.3, 0.4) is 0 Å². The Morgan fingerprint density at radius 3 is 2.29 bits per heavy atom. The Labute approximate surface area is 131 Å². The van der Waals surface area contributed by atoms with E-state index in [1.165, 1.54) is 38.0 Å². The quantitative estimate of drug-likeness (QED) is 0.811. The fourth-order valence-corrected chi connectivity index (χ4v) is 3.31. The lowest BCUT2D eigenvalue weighted by Crippen LogP contribution is -2.41. The van der Waals surface area contributed by atoms with Gasteiger partial charge in [-0.1, -0.05) is 51.1 Å². The lowest BCUT2D eigenvalue weighted by Gasteiger charge is -2.39. The number of rotatable bonds is 5. The first-order chi connectivity index (χ1) is 9.95. The van der Waals surface area contributed by atoms with Crippen LogP contribution in [0, 0.1) is 11.3 Å². The summed E-state index contributed by atoms with van der Waals surface area (Å²) < 4.78 is 0. The van der Waals surface area contributed by atoms with Crippen molar-refractivity contribution < 1.29 is 0 Å². The number of benzene rings is 1. The monoisotopic (exact) mass is 288 g/mol. The topological polar surface area (TPSA) is 6.48 Å². The maximum absolute atomic E-state index is 2.64. The summed E-state index contributed by atoms with van der Waals surface area (Å²) in [5, 5.41) is 0. The molecule has 1 fully saturated rings. The van der Waals surface area contributed by atoms with Crippen LogP contribution in [0.15, 0.2) is 30.3 Å². The number of piperidine rings is 1. The maximum atomic E-state index is 2.64. The minimum Gasteiger partial charge on any atom is -0.302 e. The van der Waals surface area contributed by atoms with Crippen LogP contribution in [0.2, 0.25) is 0 Å². The van der Waals surface area contributed by atoms with Crippen LogP contribution >= 0.6 is 0 Å². The van der Waals surface area contributed by atoms with Crippen LogP contribution in [-0.2, 0) is 6.54 Å². The summed E-state index contributed by atoms with van der Waals surface area (Å²) in [5.41, 5.74) is 1.89. The molecule has 0 unspecified atom stereocenters. The highest BCUT2D eigenvalue weighted by atomic mass is 15.2. The van der Waals surface area contributed by atoms with E-state index in [0.717, 1.165) is 19.0 Å². The average molecular weight is 288 g/mol. The highest BCUT2D eigenvalue weighted by Crippen LogP contribution is 2.34. The van der Waals surface area contributed by atoms with Gasteiger partial charge in [0.25, 0.3) is 0 Å². The highest BCUT2D eigenvalue weighted by molar-refractivity contribution is 5.14. The minimum atomic E-state index is 0.482. The summed E-state index contributed by atoms with van der Waals surface area (Å²) in [4.78, 5) is 5.08. The fraction of sp³-hybridized carbons (Fsp3) is 0.684. The lowest BCUT2D eigenvalue weighted by molar-refractivity contribution is 0.105. The summed E-state index contributed by atoms with van der Waals surface area (Å²) >= 11 is 0. The third-order valence-corrected chi connectivity index (χ3v) is 4.91. The molecule has 0 aliphatic carbocycles. The number of hydrogen-bond acceptors (Lipinski definition) is 2. The van der Waals surface area contributed by atoms with Crippen LogP contribution in [0.5, 0.6) is 0 Å². The van der Waals surface area contributed by atoms with E-state index in [4.69, 9.17) is 0 Å². The summed E-state index contributed by atoms with van der Waals surface area (Å²) in [6.07, 6.45) is 2.73. The van der Waals surface area contributed by atoms with Gasteiger partial charge in [0.05, 0.1) is 0 Å². The third kappa shape index (κ3) is 5.44. The first-order valence-electron chi connectivity index (χ1n) is 8.40. The third-order valence-electron chi connectivity index (χ3n) is 4.91. The van der Waals surface area contributed by atoms with E-state index in [-0.39, 0.29) is 0 Å². The molecule has 0 aromatic heterocycles. The predicted octanol–water partition coefficient (Wildman–Crippen LogP) is 3.88. The van der Waals surface area contributed by atoms with Crippen molar-refractivity contribution in [3.8, 4) is 0 Å². The smallest absolute Gasteiger partial charge is 0.0231 e. The number of likely N-dealkylation sites (N-methyl/N-ethyl adjacent to an activating group) is 1. The van der Waals surface area contributed by atoms with Gasteiger partial charge in [-0.2, -0.15) is 0 Å². The van der Waals surface area contributed by atoms with Gasteiger partial charge in [0.1, 0.15) is 0 Å². The molecule has 2 heteroatoms. The van der Waals surface area contributed by atoms with Crippen molar-refractivity contribution in [3.63, 3.8) is 0 Å². The van der Waals surface area contributed by atoms with E-state index in [1.807, 2.05) is 0 Å². The minimum absolute atomic E-state index is 0.482. The number of hydrogen-bond donors (Lipinski definition) is 0. The second-order valence-electron chi connectivity index (χ2n) is 7.71. The summed E-state index contributed by atoms with van der Waals surface area (Å²) in [5.74, 6) is 0.899. The Balaban J connectivity index is 1.68. The highest BCUT2D eigenvalue weighted by Gasteiger charge is 2.28. The van der Waals surface area contributed by atoms with Gasteiger partial charge in [-0.05, 0) is 49.9 Å². The van der Waals surface area contributed by atoms with E-state index in [0.29, 0.717) is 5.41 Å². The lowest BCUT2D eigenvalue weighted by atomic mass is 9.75. The molecule has 1 aromatic carbocycles. The average Bonchev–Trinajstić information content (AvgIpc) is 2.46. The SMILES string of the molecule is CN(CCN1CCC(C(C)(C)C)CC1)Cc1ccccc1. The Morgan fingerprint density at radius 2 is 1.71 bits per heavy atom. The predicted molar refractivity (Wildman–Crippen MR) is 91.4 cm³/mol. The number of nitrogens with zero attached hydrogens (tertiary/aromatic N) is 2. The van der Waals surface area contributed by atoms with Crippen LogP contribution in [0.1, 0.15) is 39.2 Å². The molecule has 1 heterocycles. The Bertz CT molecular complexity index is 399. The second kappa shape index (κ2) is 7.42. The molecule has 0 radical (unpaired) electrons. The normalized spacial score (nSPS) is 18.3. The Morgan fingerprint density at radius 1 is 1.10 bits per heavy atom. The van der Waals surface area contributed by atoms with Crippen molar-refractivity contribution >= 4 is 0 Å². The molecule has 0 spiro atoms. The molecule has 2 rings (SSSR count). The molecular weight excluding hydrogens is 256 g/mol. The van der Waals surface area contributed by atoms with E-state index in [1.54, 1.807) is 0 Å². The zero-order valence-electron chi connectivity index (χ0n) is 14.3. The largest absolute Gasteiger partial charge is 0.302 e. The van der Waals surface area contributed by atoms with Crippen LogP contribution < -0.4 is 0 Å². The first kappa shape index (κ1) is 16.5. The molecule has 1 aliphatic heterocycles. The van der Waals surface area contributed by atoms with Gasteiger partial charge in [-0.25, -0.2) is 0 Å². The van der Waals surface area contributed by atoms with Crippen molar-refractivity contribution in [3.05, 3.63) is 35.9 Å². The van der Waals surface area contributed by atoms with Gasteiger partial charge in [0.2, 0.25) is 0 Å². The number of likely N-dealkylation sites (tertiary alicyclic amines) is 1. The summed E-state index contributed by atoms with van der Waals surface area (Å²) in [7, 11) is 2.23. The molecule has 0 amide bonds. The molecule has 1 saturated heterocycles. The van der Waals surface area contributed by atoms with Crippen molar-refractivity contribution in [1.82, 2.24) is 9.80 Å². The van der Waals surface area contributed by atoms with Crippen molar-refractivity contribution in [2.45, 2.75) is 40.2 Å². The van der Waals surface area contributed by atoms with Crippen molar-refractivity contribution in [2.75, 3.05) is 33.2 Å². The van der Waals surface area contributed by atoms with E-state index in [9.17, 15) is 0 Å². The van der Waals surface area contributed by atoms with Gasteiger partial charge in [0.15, 0.2) is 0 Å². The molecule has 1 aromatic rings. The molecule has 0 atom stereocenters. The molecule has 2 nitrogen and oxygen atoms in total. The molecule has 0 N–H and O–H groups in total. The summed E-state index contributed by atoms with van der Waals surface area (Å²) in [6, 6.07) is 10.8. The molecule has 0 saturated carbocycles. The first-order valence-corrected chi connectivity index (χ1v) is 8.40. The van der Waals surface area contributed by atoms with E-state index >= 15 is 0 Å². The molecule has 1 aliphatic rings. The molecule has 118 valence electrons. The van der Waals surface area contributed by atoms with Crippen LogP contribution in [0.25, 0.3) is 0 Å². The van der Waals surface area contributed by atoms with Crippen molar-refractivity contribution in [1.29, 1.82) is 0 Å². The van der Waals surface area contributed by atoms with E-state index in [2.05, 4.69) is 68.0 Å². The van der Waals surface area contributed by atoms with Gasteiger partial charge in [-0.3, -0.25) is 0 Å². The Kier molecular flexibility index (Phi) is 5.83. The van der Waals surface area contributed by atoms with Gasteiger partial charge < -0.3 is 9.80 Å². The van der Waals surface area contributed by atoms with E-state index < -0.39 is 0 Å². The van der Waals surface area contributed by atoms with Crippen LogP contribution in [-0.4, -0.2) is 43.0 Å². The maximum Gasteiger partial charge on any atom is 0.0231 e. The fourth-order valence-electron chi connectivity index (χ4n) is 3.31. The van der Waals surface area contributed by atoms with Crippen LogP contribution in [0.4, 0.5) is 0 Å². The second-order valence-corrected chi connectivity index (χ2v) is 7.71. The molecule has 21 heavy (non-hydrogen) atoms. The zero-order valence-corrected chi connectivity index (χ0v) is 14.3. The molecular formula is C19H32N2. The van der Waals surface area contributed by atoms with Gasteiger partial charge >= 0.3 is 0 Å². The Hall–Kier alpha value is -0.860. The molecule has 0 bridgehead atoms. The van der Waals surface area contributed by atoms with Gasteiger partial charge in [-0.15, -0.1) is 0 Å². The zero-order chi connectivity index (χ0) is 15.3.